The quantitative estimate of drug-likeness (QED) is 0.422. The molecule has 3 rings (SSSR count). The van der Waals surface area contributed by atoms with E-state index in [1.54, 1.807) is 0 Å². The van der Waals surface area contributed by atoms with Gasteiger partial charge in [0.15, 0.2) is 0 Å². The molecule has 0 radical (unpaired) electrons. The molecule has 0 saturated carbocycles. The van der Waals surface area contributed by atoms with E-state index in [1.807, 2.05) is 24.1 Å². The van der Waals surface area contributed by atoms with Gasteiger partial charge < -0.3 is 30.6 Å². The summed E-state index contributed by atoms with van der Waals surface area (Å²) < 4.78 is 10.4. The minimum Gasteiger partial charge on any atom is -0.493 e. The number of hydrogen-bond donors (Lipinski definition) is 2. The van der Waals surface area contributed by atoms with Gasteiger partial charge in [0.1, 0.15) is 18.6 Å². The SMILES string of the molecule is C=CCOC(=O)N(CCC1CCC(C(N)=O)N1C)CC(N)C=O.c1ccc2c(c1)CCCO2. The van der Waals surface area contributed by atoms with Crippen molar-refractivity contribution in [2.75, 3.05) is 33.4 Å². The molecule has 2 heterocycles. The van der Waals surface area contributed by atoms with Gasteiger partial charge in [0, 0.05) is 19.1 Å². The zero-order chi connectivity index (χ0) is 24.2. The van der Waals surface area contributed by atoms with Crippen LogP contribution < -0.4 is 16.2 Å². The number of carbonyl (C=O) groups is 3. The normalized spacial score (nSPS) is 20.3. The van der Waals surface area contributed by atoms with Gasteiger partial charge in [-0.2, -0.15) is 0 Å². The zero-order valence-corrected chi connectivity index (χ0v) is 19.4. The fraction of sp³-hybridized carbons (Fsp3) is 0.542. The van der Waals surface area contributed by atoms with Crippen LogP contribution in [0.15, 0.2) is 36.9 Å². The topological polar surface area (TPSA) is 128 Å². The number of ether oxygens (including phenoxy) is 2. The van der Waals surface area contributed by atoms with Crippen molar-refractivity contribution >= 4 is 18.3 Å². The maximum absolute atomic E-state index is 12.0. The second kappa shape index (κ2) is 13.6. The molecular formula is C24H36N4O5. The number of likely N-dealkylation sites (tertiary alicyclic amines) is 1. The molecule has 1 fully saturated rings. The number of aryl methyl sites for hydroxylation is 1. The number of rotatable bonds is 9. The summed E-state index contributed by atoms with van der Waals surface area (Å²) in [5, 5.41) is 0. The van der Waals surface area contributed by atoms with Crippen LogP contribution in [0.1, 0.15) is 31.2 Å². The first-order valence-corrected chi connectivity index (χ1v) is 11.3. The van der Waals surface area contributed by atoms with Gasteiger partial charge in [-0.3, -0.25) is 9.69 Å². The molecular weight excluding hydrogens is 424 g/mol. The lowest BCUT2D eigenvalue weighted by molar-refractivity contribution is -0.122. The molecule has 0 aromatic heterocycles. The summed E-state index contributed by atoms with van der Waals surface area (Å²) in [4.78, 5) is 37.4. The van der Waals surface area contributed by atoms with E-state index >= 15 is 0 Å². The van der Waals surface area contributed by atoms with Gasteiger partial charge in [0.05, 0.1) is 18.7 Å². The number of hydrogen-bond acceptors (Lipinski definition) is 7. The number of carbonyl (C=O) groups excluding carboxylic acids is 3. The third-order valence-electron chi connectivity index (χ3n) is 5.91. The van der Waals surface area contributed by atoms with Gasteiger partial charge in [-0.25, -0.2) is 4.79 Å². The Labute approximate surface area is 195 Å². The van der Waals surface area contributed by atoms with Crippen molar-refractivity contribution < 1.29 is 23.9 Å². The largest absolute Gasteiger partial charge is 0.493 e. The lowest BCUT2D eigenvalue weighted by Gasteiger charge is -2.28. The molecule has 2 amide bonds. The first kappa shape index (κ1) is 26.3. The molecule has 9 nitrogen and oxygen atoms in total. The Morgan fingerprint density at radius 2 is 2.12 bits per heavy atom. The van der Waals surface area contributed by atoms with E-state index < -0.39 is 12.1 Å². The van der Waals surface area contributed by atoms with Gasteiger partial charge in [0.25, 0.3) is 0 Å². The summed E-state index contributed by atoms with van der Waals surface area (Å²) in [5.41, 5.74) is 12.3. The Hall–Kier alpha value is -2.91. The number of nitrogens with zero attached hydrogens (tertiary/aromatic N) is 2. The molecule has 1 aromatic carbocycles. The third kappa shape index (κ3) is 8.18. The summed E-state index contributed by atoms with van der Waals surface area (Å²) in [5.74, 6) is 0.744. The predicted octanol–water partition coefficient (Wildman–Crippen LogP) is 1.49. The van der Waals surface area contributed by atoms with Crippen molar-refractivity contribution in [1.82, 2.24) is 9.80 Å². The van der Waals surface area contributed by atoms with Crippen LogP contribution in [0.25, 0.3) is 0 Å². The highest BCUT2D eigenvalue weighted by Gasteiger charge is 2.34. The fourth-order valence-electron chi connectivity index (χ4n) is 4.08. The Morgan fingerprint density at radius 3 is 2.76 bits per heavy atom. The molecule has 1 aromatic rings. The van der Waals surface area contributed by atoms with Crippen LogP contribution in [0.4, 0.5) is 4.79 Å². The van der Waals surface area contributed by atoms with Crippen LogP contribution in [-0.4, -0.2) is 79.6 Å². The first-order valence-electron chi connectivity index (χ1n) is 11.3. The van der Waals surface area contributed by atoms with Gasteiger partial charge >= 0.3 is 6.09 Å². The molecule has 2 aliphatic rings. The summed E-state index contributed by atoms with van der Waals surface area (Å²) in [6.45, 7) is 4.95. The highest BCUT2D eigenvalue weighted by molar-refractivity contribution is 5.80. The van der Waals surface area contributed by atoms with Crippen LogP contribution in [0.2, 0.25) is 0 Å². The minimum absolute atomic E-state index is 0.0924. The van der Waals surface area contributed by atoms with E-state index in [-0.39, 0.29) is 31.1 Å². The third-order valence-corrected chi connectivity index (χ3v) is 5.91. The second-order valence-corrected chi connectivity index (χ2v) is 8.27. The number of fused-ring (bicyclic) bond motifs is 1. The van der Waals surface area contributed by atoms with Gasteiger partial charge in [0.2, 0.25) is 5.91 Å². The molecule has 33 heavy (non-hydrogen) atoms. The minimum atomic E-state index is -0.758. The molecule has 2 aliphatic heterocycles. The lowest BCUT2D eigenvalue weighted by atomic mass is 10.1. The van der Waals surface area contributed by atoms with E-state index in [9.17, 15) is 14.4 Å². The number of aldehydes is 1. The Bertz CT molecular complexity index is 778. The summed E-state index contributed by atoms with van der Waals surface area (Å²) >= 11 is 0. The monoisotopic (exact) mass is 460 g/mol. The molecule has 0 spiro atoms. The Morgan fingerprint density at radius 1 is 1.36 bits per heavy atom. The van der Waals surface area contributed by atoms with Crippen molar-refractivity contribution in [3.63, 3.8) is 0 Å². The van der Waals surface area contributed by atoms with Crippen molar-refractivity contribution in [2.24, 2.45) is 11.5 Å². The van der Waals surface area contributed by atoms with Crippen molar-refractivity contribution in [3.05, 3.63) is 42.5 Å². The predicted molar refractivity (Wildman–Crippen MR) is 126 cm³/mol. The fourth-order valence-corrected chi connectivity index (χ4v) is 4.08. The molecule has 3 atom stereocenters. The number of primary amides is 1. The molecule has 1 saturated heterocycles. The number of amides is 2. The van der Waals surface area contributed by atoms with Crippen LogP contribution in [0, 0.1) is 0 Å². The second-order valence-electron chi connectivity index (χ2n) is 8.27. The van der Waals surface area contributed by atoms with Crippen molar-refractivity contribution in [1.29, 1.82) is 0 Å². The molecule has 0 aliphatic carbocycles. The van der Waals surface area contributed by atoms with Crippen LogP contribution in [-0.2, 0) is 20.7 Å². The van der Waals surface area contributed by atoms with Crippen LogP contribution in [0.5, 0.6) is 5.75 Å². The van der Waals surface area contributed by atoms with E-state index in [4.69, 9.17) is 20.9 Å². The Kier molecular flexibility index (Phi) is 10.9. The van der Waals surface area contributed by atoms with Crippen LogP contribution in [0.3, 0.4) is 0 Å². The standard InChI is InChI=1S/C15H26N4O4.C9H10O/c1-3-8-23-15(22)19(9-11(16)10-20)7-6-12-4-5-13(14(17)21)18(12)2;1-2-6-9-8(4-1)5-3-7-10-9/h3,10-13H,1,4-9,16H2,2H3,(H2,17,21);1-2,4,6H,3,5,7H2. The first-order chi connectivity index (χ1) is 15.9. The smallest absolute Gasteiger partial charge is 0.410 e. The molecule has 182 valence electrons. The maximum atomic E-state index is 12.0. The summed E-state index contributed by atoms with van der Waals surface area (Å²) in [6, 6.07) is 7.37. The molecule has 4 N–H and O–H groups in total. The average Bonchev–Trinajstić information content (AvgIpc) is 3.20. The number of nitrogens with two attached hydrogens (primary N) is 2. The van der Waals surface area contributed by atoms with Crippen molar-refractivity contribution in [2.45, 2.75) is 50.2 Å². The number of benzene rings is 1. The summed E-state index contributed by atoms with van der Waals surface area (Å²) in [6.07, 6.45) is 6.07. The lowest BCUT2D eigenvalue weighted by Crippen LogP contribution is -2.45. The highest BCUT2D eigenvalue weighted by atomic mass is 16.6. The van der Waals surface area contributed by atoms with E-state index in [0.717, 1.165) is 25.2 Å². The van der Waals surface area contributed by atoms with Gasteiger partial charge in [-0.1, -0.05) is 30.9 Å². The molecule has 0 bridgehead atoms. The molecule has 3 unspecified atom stereocenters. The number of likely N-dealkylation sites (N-methyl/N-ethyl adjacent to an activating group) is 1. The van der Waals surface area contributed by atoms with Crippen LogP contribution >= 0.6 is 0 Å². The zero-order valence-electron chi connectivity index (χ0n) is 19.4. The Balaban J connectivity index is 0.000000315. The van der Waals surface area contributed by atoms with Gasteiger partial charge in [-0.05, 0) is 50.8 Å². The van der Waals surface area contributed by atoms with E-state index in [0.29, 0.717) is 25.7 Å². The summed E-state index contributed by atoms with van der Waals surface area (Å²) in [7, 11) is 1.85. The average molecular weight is 461 g/mol. The highest BCUT2D eigenvalue weighted by Crippen LogP contribution is 2.25. The van der Waals surface area contributed by atoms with E-state index in [1.165, 1.54) is 23.0 Å². The maximum Gasteiger partial charge on any atom is 0.410 e. The molecule has 9 heteroatoms. The van der Waals surface area contributed by atoms with E-state index in [2.05, 4.69) is 18.7 Å². The van der Waals surface area contributed by atoms with Gasteiger partial charge in [-0.15, -0.1) is 0 Å². The number of para-hydroxylation sites is 1. The van der Waals surface area contributed by atoms with Crippen molar-refractivity contribution in [3.8, 4) is 5.75 Å².